The van der Waals surface area contributed by atoms with Crippen molar-refractivity contribution in [1.29, 1.82) is 0 Å². The van der Waals surface area contributed by atoms with Crippen molar-refractivity contribution in [2.24, 2.45) is 0 Å². The van der Waals surface area contributed by atoms with Crippen LogP contribution in [-0.2, 0) is 4.74 Å². The number of aromatic nitrogens is 1. The van der Waals surface area contributed by atoms with Crippen LogP contribution in [0.15, 0.2) is 16.9 Å². The summed E-state index contributed by atoms with van der Waals surface area (Å²) in [4.78, 5) is 4.14. The minimum absolute atomic E-state index is 0.185. The first-order valence-electron chi connectivity index (χ1n) is 4.39. The van der Waals surface area contributed by atoms with Crippen molar-refractivity contribution in [3.8, 4) is 0 Å². The van der Waals surface area contributed by atoms with E-state index in [9.17, 15) is 0 Å². The fraction of sp³-hybridized carbons (Fsp3) is 0.444. The van der Waals surface area contributed by atoms with Crippen LogP contribution in [-0.4, -0.2) is 24.7 Å². The van der Waals surface area contributed by atoms with Crippen molar-refractivity contribution in [3.63, 3.8) is 0 Å². The molecule has 1 aliphatic heterocycles. The highest BCUT2D eigenvalue weighted by molar-refractivity contribution is 9.10. The molecule has 1 aromatic rings. The number of morpholine rings is 1. The Balaban J connectivity index is 2.24. The van der Waals surface area contributed by atoms with E-state index in [1.807, 2.05) is 6.07 Å². The third-order valence-electron chi connectivity index (χ3n) is 2.13. The zero-order valence-electron chi connectivity index (χ0n) is 7.46. The van der Waals surface area contributed by atoms with Gasteiger partial charge in [-0.05, 0) is 22.0 Å². The van der Waals surface area contributed by atoms with E-state index < -0.39 is 0 Å². The van der Waals surface area contributed by atoms with Crippen LogP contribution in [0.1, 0.15) is 11.6 Å². The third kappa shape index (κ3) is 2.25. The normalized spacial score (nSPS) is 22.3. The molecule has 2 heterocycles. The van der Waals surface area contributed by atoms with Crippen LogP contribution in [0.25, 0.3) is 0 Å². The highest BCUT2D eigenvalue weighted by Gasteiger charge is 2.18. The van der Waals surface area contributed by atoms with Crippen LogP contribution in [0.5, 0.6) is 0 Å². The number of ether oxygens (including phenoxy) is 1. The lowest BCUT2D eigenvalue weighted by molar-refractivity contribution is 0.0765. The fourth-order valence-electron chi connectivity index (χ4n) is 1.45. The Hall–Kier alpha value is -0.160. The van der Waals surface area contributed by atoms with Crippen LogP contribution in [0.4, 0.5) is 0 Å². The molecule has 1 N–H and O–H groups in total. The summed E-state index contributed by atoms with van der Waals surface area (Å²) in [7, 11) is 0. The number of halogens is 2. The second kappa shape index (κ2) is 4.57. The molecule has 1 fully saturated rings. The molecule has 76 valence electrons. The van der Waals surface area contributed by atoms with Gasteiger partial charge in [0.25, 0.3) is 0 Å². The molecule has 1 aromatic heterocycles. The SMILES string of the molecule is Clc1cnc(Br)c([C@@H]2COCCN2)c1. The van der Waals surface area contributed by atoms with Gasteiger partial charge >= 0.3 is 0 Å². The topological polar surface area (TPSA) is 34.1 Å². The Labute approximate surface area is 95.9 Å². The van der Waals surface area contributed by atoms with E-state index in [4.69, 9.17) is 16.3 Å². The molecule has 1 aliphatic rings. The first kappa shape index (κ1) is 10.4. The van der Waals surface area contributed by atoms with E-state index in [0.717, 1.165) is 23.3 Å². The second-order valence-corrected chi connectivity index (χ2v) is 4.30. The van der Waals surface area contributed by atoms with Crippen molar-refractivity contribution in [2.75, 3.05) is 19.8 Å². The Morgan fingerprint density at radius 1 is 1.64 bits per heavy atom. The predicted molar refractivity (Wildman–Crippen MR) is 58.5 cm³/mol. The first-order valence-corrected chi connectivity index (χ1v) is 5.56. The lowest BCUT2D eigenvalue weighted by atomic mass is 10.1. The Bertz CT molecular complexity index is 329. The maximum atomic E-state index is 5.88. The van der Waals surface area contributed by atoms with Gasteiger partial charge in [0.05, 0.1) is 24.3 Å². The summed E-state index contributed by atoms with van der Waals surface area (Å²) < 4.78 is 6.20. The van der Waals surface area contributed by atoms with Gasteiger partial charge < -0.3 is 10.1 Å². The van der Waals surface area contributed by atoms with Crippen LogP contribution < -0.4 is 5.32 Å². The Kier molecular flexibility index (Phi) is 3.38. The molecular weight excluding hydrogens is 267 g/mol. The van der Waals surface area contributed by atoms with E-state index in [1.165, 1.54) is 0 Å². The minimum atomic E-state index is 0.185. The predicted octanol–water partition coefficient (Wildman–Crippen LogP) is 2.16. The van der Waals surface area contributed by atoms with E-state index >= 15 is 0 Å². The van der Waals surface area contributed by atoms with Gasteiger partial charge in [-0.1, -0.05) is 11.6 Å². The fourth-order valence-corrected chi connectivity index (χ4v) is 2.11. The van der Waals surface area contributed by atoms with Crippen molar-refractivity contribution in [1.82, 2.24) is 10.3 Å². The largest absolute Gasteiger partial charge is 0.378 e. The molecule has 0 aliphatic carbocycles. The zero-order valence-corrected chi connectivity index (χ0v) is 9.81. The van der Waals surface area contributed by atoms with Crippen LogP contribution in [0.3, 0.4) is 0 Å². The average Bonchev–Trinajstić information content (AvgIpc) is 2.23. The summed E-state index contributed by atoms with van der Waals surface area (Å²) in [6.45, 7) is 2.30. The number of nitrogens with zero attached hydrogens (tertiary/aromatic N) is 1. The molecule has 1 atom stereocenters. The van der Waals surface area contributed by atoms with Gasteiger partial charge in [-0.15, -0.1) is 0 Å². The molecule has 2 rings (SSSR count). The summed E-state index contributed by atoms with van der Waals surface area (Å²) >= 11 is 9.28. The van der Waals surface area contributed by atoms with Gasteiger partial charge in [-0.3, -0.25) is 0 Å². The molecule has 0 spiro atoms. The van der Waals surface area contributed by atoms with Gasteiger partial charge in [0.2, 0.25) is 0 Å². The van der Waals surface area contributed by atoms with Crippen molar-refractivity contribution in [3.05, 3.63) is 27.5 Å². The standard InChI is InChI=1S/C9H10BrClN2O/c10-9-7(3-6(11)4-13-9)8-5-14-2-1-12-8/h3-4,8,12H,1-2,5H2/t8-/m0/s1. The van der Waals surface area contributed by atoms with Crippen molar-refractivity contribution < 1.29 is 4.74 Å². The molecule has 0 saturated carbocycles. The Morgan fingerprint density at radius 2 is 2.50 bits per heavy atom. The maximum absolute atomic E-state index is 5.88. The van der Waals surface area contributed by atoms with E-state index in [1.54, 1.807) is 6.20 Å². The molecule has 3 nitrogen and oxygen atoms in total. The molecular formula is C9H10BrClN2O. The first-order chi connectivity index (χ1) is 6.77. The number of rotatable bonds is 1. The number of hydrogen-bond donors (Lipinski definition) is 1. The van der Waals surface area contributed by atoms with Crippen molar-refractivity contribution in [2.45, 2.75) is 6.04 Å². The maximum Gasteiger partial charge on any atom is 0.111 e. The summed E-state index contributed by atoms with van der Waals surface area (Å²) in [5.74, 6) is 0. The summed E-state index contributed by atoms with van der Waals surface area (Å²) in [6, 6.07) is 2.09. The van der Waals surface area contributed by atoms with Crippen LogP contribution >= 0.6 is 27.5 Å². The second-order valence-electron chi connectivity index (χ2n) is 3.12. The molecule has 1 saturated heterocycles. The molecule has 0 amide bonds. The number of pyridine rings is 1. The van der Waals surface area contributed by atoms with Gasteiger partial charge in [0, 0.05) is 18.3 Å². The van der Waals surface area contributed by atoms with Crippen molar-refractivity contribution >= 4 is 27.5 Å². The van der Waals surface area contributed by atoms with E-state index in [0.29, 0.717) is 11.6 Å². The summed E-state index contributed by atoms with van der Waals surface area (Å²) in [5, 5.41) is 4.00. The smallest absolute Gasteiger partial charge is 0.111 e. The minimum Gasteiger partial charge on any atom is -0.378 e. The van der Waals surface area contributed by atoms with Gasteiger partial charge in [-0.25, -0.2) is 4.98 Å². The van der Waals surface area contributed by atoms with E-state index in [2.05, 4.69) is 26.2 Å². The summed E-state index contributed by atoms with van der Waals surface area (Å²) in [5.41, 5.74) is 1.05. The molecule has 0 radical (unpaired) electrons. The molecule has 5 heteroatoms. The Morgan fingerprint density at radius 3 is 3.21 bits per heavy atom. The number of hydrogen-bond acceptors (Lipinski definition) is 3. The average molecular weight is 278 g/mol. The van der Waals surface area contributed by atoms with E-state index in [-0.39, 0.29) is 6.04 Å². The van der Waals surface area contributed by atoms with Gasteiger partial charge in [-0.2, -0.15) is 0 Å². The van der Waals surface area contributed by atoms with Crippen LogP contribution in [0.2, 0.25) is 5.02 Å². The zero-order chi connectivity index (χ0) is 9.97. The van der Waals surface area contributed by atoms with Crippen LogP contribution in [0, 0.1) is 0 Å². The van der Waals surface area contributed by atoms with Gasteiger partial charge in [0.1, 0.15) is 4.60 Å². The molecule has 14 heavy (non-hydrogen) atoms. The number of nitrogens with one attached hydrogen (secondary N) is 1. The summed E-state index contributed by atoms with van der Waals surface area (Å²) in [6.07, 6.45) is 1.62. The third-order valence-corrected chi connectivity index (χ3v) is 3.00. The molecule has 0 bridgehead atoms. The van der Waals surface area contributed by atoms with Gasteiger partial charge in [0.15, 0.2) is 0 Å². The lowest BCUT2D eigenvalue weighted by Gasteiger charge is -2.24. The highest BCUT2D eigenvalue weighted by atomic mass is 79.9. The lowest BCUT2D eigenvalue weighted by Crippen LogP contribution is -2.34. The molecule has 0 unspecified atom stereocenters. The molecule has 0 aromatic carbocycles. The highest BCUT2D eigenvalue weighted by Crippen LogP contribution is 2.25. The quantitative estimate of drug-likeness (QED) is 0.799. The monoisotopic (exact) mass is 276 g/mol.